The van der Waals surface area contributed by atoms with Gasteiger partial charge >= 0.3 is 5.69 Å². The molecule has 1 heterocycles. The third-order valence-electron chi connectivity index (χ3n) is 2.64. The Morgan fingerprint density at radius 3 is 2.68 bits per heavy atom. The lowest BCUT2D eigenvalue weighted by atomic mass is 10.2. The van der Waals surface area contributed by atoms with E-state index in [-0.39, 0.29) is 17.3 Å². The Hall–Kier alpha value is -2.83. The topological polar surface area (TPSA) is 117 Å². The Kier molecular flexibility index (Phi) is 3.19. The van der Waals surface area contributed by atoms with Crippen molar-refractivity contribution in [1.29, 1.82) is 0 Å². The molecule has 2 aromatic rings. The van der Waals surface area contributed by atoms with E-state index in [2.05, 4.69) is 4.98 Å². The monoisotopic (exact) mass is 260 g/mol. The fraction of sp³-hybridized carbons (Fsp3) is 0.0833. The van der Waals surface area contributed by atoms with E-state index in [1.54, 1.807) is 25.1 Å². The van der Waals surface area contributed by atoms with E-state index in [1.807, 2.05) is 0 Å². The van der Waals surface area contributed by atoms with Gasteiger partial charge in [-0.05, 0) is 19.1 Å². The van der Waals surface area contributed by atoms with Gasteiger partial charge in [-0.3, -0.25) is 10.1 Å². The molecule has 1 aromatic carbocycles. The van der Waals surface area contributed by atoms with Crippen LogP contribution < -0.4 is 16.2 Å². The van der Waals surface area contributed by atoms with Crippen LogP contribution in [0, 0.1) is 17.0 Å². The summed E-state index contributed by atoms with van der Waals surface area (Å²) in [6.07, 6.45) is 1.35. The maximum atomic E-state index is 11.0. The van der Waals surface area contributed by atoms with Crippen molar-refractivity contribution in [2.24, 2.45) is 0 Å². The quantitative estimate of drug-likeness (QED) is 0.496. The lowest BCUT2D eigenvalue weighted by Gasteiger charge is -2.10. The van der Waals surface area contributed by atoms with Crippen LogP contribution in [0.4, 0.5) is 17.2 Å². The Labute approximate surface area is 109 Å². The Morgan fingerprint density at radius 2 is 2.00 bits per heavy atom. The van der Waals surface area contributed by atoms with E-state index < -0.39 is 4.92 Å². The van der Waals surface area contributed by atoms with Crippen molar-refractivity contribution < 1.29 is 9.66 Å². The van der Waals surface area contributed by atoms with Gasteiger partial charge in [0.2, 0.25) is 11.6 Å². The normalized spacial score (nSPS) is 10.2. The van der Waals surface area contributed by atoms with E-state index in [0.717, 1.165) is 0 Å². The summed E-state index contributed by atoms with van der Waals surface area (Å²) in [5.41, 5.74) is 12.1. The third kappa shape index (κ3) is 2.39. The fourth-order valence-corrected chi connectivity index (χ4v) is 1.58. The van der Waals surface area contributed by atoms with Crippen molar-refractivity contribution in [1.82, 2.24) is 4.98 Å². The highest BCUT2D eigenvalue weighted by Crippen LogP contribution is 2.36. The van der Waals surface area contributed by atoms with E-state index in [4.69, 9.17) is 16.2 Å². The summed E-state index contributed by atoms with van der Waals surface area (Å²) in [4.78, 5) is 14.0. The molecule has 2 rings (SSSR count). The highest BCUT2D eigenvalue weighted by Gasteiger charge is 2.21. The maximum Gasteiger partial charge on any atom is 0.353 e. The Morgan fingerprint density at radius 1 is 1.26 bits per heavy atom. The maximum absolute atomic E-state index is 11.0. The number of aromatic nitrogens is 1. The molecule has 7 heteroatoms. The highest BCUT2D eigenvalue weighted by molar-refractivity contribution is 5.63. The first-order valence-electron chi connectivity index (χ1n) is 5.42. The summed E-state index contributed by atoms with van der Waals surface area (Å²) in [5.74, 6) is 0.281. The van der Waals surface area contributed by atoms with Crippen LogP contribution in [0.25, 0.3) is 0 Å². The van der Waals surface area contributed by atoms with Crippen LogP contribution in [-0.4, -0.2) is 9.91 Å². The van der Waals surface area contributed by atoms with Crippen molar-refractivity contribution in [3.8, 4) is 11.5 Å². The molecule has 0 unspecified atom stereocenters. The first-order chi connectivity index (χ1) is 9.00. The van der Waals surface area contributed by atoms with E-state index in [1.165, 1.54) is 12.3 Å². The van der Waals surface area contributed by atoms with E-state index in [9.17, 15) is 10.1 Å². The number of pyridine rings is 1. The number of nitrogens with zero attached hydrogens (tertiary/aromatic N) is 2. The molecule has 0 aliphatic carbocycles. The van der Waals surface area contributed by atoms with Gasteiger partial charge in [0.05, 0.1) is 4.92 Å². The lowest BCUT2D eigenvalue weighted by molar-refractivity contribution is -0.384. The molecule has 0 saturated carbocycles. The smallest absolute Gasteiger partial charge is 0.353 e. The van der Waals surface area contributed by atoms with Crippen molar-refractivity contribution in [2.75, 3.05) is 11.5 Å². The van der Waals surface area contributed by atoms with Crippen LogP contribution in [0.15, 0.2) is 30.5 Å². The van der Waals surface area contributed by atoms with Gasteiger partial charge in [0.25, 0.3) is 0 Å². The Bertz CT molecular complexity index is 643. The molecular weight excluding hydrogens is 248 g/mol. The number of nitrogen functional groups attached to an aromatic ring is 2. The molecule has 7 nitrogen and oxygen atoms in total. The standard InChI is InChI=1S/C12H12N4O3/c1-7-8(13)3-2-4-9(7)19-10-5-6-15-12(14)11(10)16(17)18/h2-6H,13H2,1H3,(H2,14,15). The van der Waals surface area contributed by atoms with Crippen LogP contribution in [0.1, 0.15) is 5.56 Å². The zero-order chi connectivity index (χ0) is 14.0. The van der Waals surface area contributed by atoms with Crippen LogP contribution in [-0.2, 0) is 0 Å². The number of anilines is 2. The summed E-state index contributed by atoms with van der Waals surface area (Å²) in [6, 6.07) is 6.48. The molecule has 0 aliphatic heterocycles. The largest absolute Gasteiger partial charge is 0.450 e. The van der Waals surface area contributed by atoms with Gasteiger partial charge in [-0.15, -0.1) is 0 Å². The second kappa shape index (κ2) is 4.81. The zero-order valence-corrected chi connectivity index (χ0v) is 10.2. The summed E-state index contributed by atoms with van der Waals surface area (Å²) >= 11 is 0. The highest BCUT2D eigenvalue weighted by atomic mass is 16.6. The van der Waals surface area contributed by atoms with Gasteiger partial charge in [0.15, 0.2) is 0 Å². The SMILES string of the molecule is Cc1c(N)cccc1Oc1ccnc(N)c1[N+](=O)[O-]. The number of rotatable bonds is 3. The summed E-state index contributed by atoms with van der Waals surface area (Å²) < 4.78 is 5.52. The van der Waals surface area contributed by atoms with Crippen molar-refractivity contribution in [3.63, 3.8) is 0 Å². The molecule has 4 N–H and O–H groups in total. The number of nitrogens with two attached hydrogens (primary N) is 2. The fourth-order valence-electron chi connectivity index (χ4n) is 1.58. The molecule has 0 atom stereocenters. The van der Waals surface area contributed by atoms with E-state index in [0.29, 0.717) is 17.0 Å². The molecule has 0 amide bonds. The minimum Gasteiger partial charge on any atom is -0.450 e. The van der Waals surface area contributed by atoms with Crippen LogP contribution in [0.3, 0.4) is 0 Å². The van der Waals surface area contributed by atoms with Gasteiger partial charge in [0.1, 0.15) is 5.75 Å². The van der Waals surface area contributed by atoms with Crippen LogP contribution in [0.5, 0.6) is 11.5 Å². The van der Waals surface area contributed by atoms with Gasteiger partial charge < -0.3 is 16.2 Å². The van der Waals surface area contributed by atoms with Crippen molar-refractivity contribution >= 4 is 17.2 Å². The van der Waals surface area contributed by atoms with Crippen molar-refractivity contribution in [3.05, 3.63) is 46.1 Å². The molecule has 0 fully saturated rings. The molecule has 19 heavy (non-hydrogen) atoms. The van der Waals surface area contributed by atoms with Gasteiger partial charge in [-0.25, -0.2) is 4.98 Å². The average Bonchev–Trinajstić information content (AvgIpc) is 2.34. The number of nitro groups is 1. The van der Waals surface area contributed by atoms with Crippen LogP contribution >= 0.6 is 0 Å². The summed E-state index contributed by atoms with van der Waals surface area (Å²) in [6.45, 7) is 1.76. The van der Waals surface area contributed by atoms with E-state index >= 15 is 0 Å². The van der Waals surface area contributed by atoms with Crippen LogP contribution in [0.2, 0.25) is 0 Å². The van der Waals surface area contributed by atoms with Gasteiger partial charge in [-0.1, -0.05) is 6.07 Å². The molecule has 0 radical (unpaired) electrons. The Balaban J connectivity index is 2.47. The molecule has 1 aromatic heterocycles. The first-order valence-corrected chi connectivity index (χ1v) is 5.42. The van der Waals surface area contributed by atoms with Crippen molar-refractivity contribution in [2.45, 2.75) is 6.92 Å². The molecule has 0 saturated heterocycles. The molecular formula is C12H12N4O3. The minimum absolute atomic E-state index is 0.0335. The summed E-state index contributed by atoms with van der Waals surface area (Å²) in [7, 11) is 0. The third-order valence-corrected chi connectivity index (χ3v) is 2.64. The number of ether oxygens (including phenoxy) is 1. The number of hydrogen-bond acceptors (Lipinski definition) is 6. The first kappa shape index (κ1) is 12.6. The minimum atomic E-state index is -0.626. The average molecular weight is 260 g/mol. The molecule has 0 bridgehead atoms. The zero-order valence-electron chi connectivity index (χ0n) is 10.2. The predicted octanol–water partition coefficient (Wildman–Crippen LogP) is 2.25. The second-order valence-electron chi connectivity index (χ2n) is 3.87. The molecule has 0 spiro atoms. The second-order valence-corrected chi connectivity index (χ2v) is 3.87. The molecule has 0 aliphatic rings. The van der Waals surface area contributed by atoms with Gasteiger partial charge in [0, 0.05) is 23.5 Å². The summed E-state index contributed by atoms with van der Waals surface area (Å²) in [5, 5.41) is 11.0. The number of hydrogen-bond donors (Lipinski definition) is 2. The number of benzene rings is 1. The lowest BCUT2D eigenvalue weighted by Crippen LogP contribution is -2.01. The predicted molar refractivity (Wildman–Crippen MR) is 71.0 cm³/mol. The van der Waals surface area contributed by atoms with Gasteiger partial charge in [-0.2, -0.15) is 0 Å². The molecule has 98 valence electrons.